The van der Waals surface area contributed by atoms with E-state index < -0.39 is 4.25 Å². The molecule has 0 fully saturated rings. The van der Waals surface area contributed by atoms with E-state index in [9.17, 15) is 0 Å². The fraction of sp³-hybridized carbons (Fsp3) is 0.0714. The van der Waals surface area contributed by atoms with E-state index in [1.165, 1.54) is 20.6 Å². The third-order valence-corrected chi connectivity index (χ3v) is 20.2. The van der Waals surface area contributed by atoms with Gasteiger partial charge in [-0.25, -0.2) is 0 Å². The Bertz CT molecular complexity index is 1100. The second-order valence-electron chi connectivity index (χ2n) is 7.42. The SMILES string of the molecule is CO/C(=C(\SC)P(I)(c1ccccc1)(c1ccccc1)c1ccccc1)c1ccccc1. The number of methoxy groups -OCH3 is 1. The molecule has 0 aromatic heterocycles. The molecule has 0 atom stereocenters. The summed E-state index contributed by atoms with van der Waals surface area (Å²) in [6.07, 6.45) is 2.17. The predicted octanol–water partition coefficient (Wildman–Crippen LogP) is 7.20. The molecule has 0 amide bonds. The van der Waals surface area contributed by atoms with Gasteiger partial charge in [0.05, 0.1) is 0 Å². The van der Waals surface area contributed by atoms with Crippen molar-refractivity contribution in [3.05, 3.63) is 132 Å². The van der Waals surface area contributed by atoms with Gasteiger partial charge in [0.15, 0.2) is 0 Å². The van der Waals surface area contributed by atoms with Crippen LogP contribution >= 0.6 is 38.0 Å². The number of benzene rings is 4. The first kappa shape index (κ1) is 23.1. The summed E-state index contributed by atoms with van der Waals surface area (Å²) >= 11 is 4.60. The van der Waals surface area contributed by atoms with Gasteiger partial charge in [-0.1, -0.05) is 0 Å². The summed E-state index contributed by atoms with van der Waals surface area (Å²) in [7, 11) is 1.79. The van der Waals surface area contributed by atoms with Gasteiger partial charge in [0.1, 0.15) is 0 Å². The van der Waals surface area contributed by atoms with Crippen molar-refractivity contribution in [3.8, 4) is 0 Å². The molecule has 1 nitrogen and oxygen atoms in total. The number of hydrogen-bond donors (Lipinski definition) is 0. The molecule has 4 rings (SSSR count). The van der Waals surface area contributed by atoms with Gasteiger partial charge in [0.25, 0.3) is 0 Å². The average molecular weight is 568 g/mol. The van der Waals surface area contributed by atoms with Crippen molar-refractivity contribution in [3.63, 3.8) is 0 Å². The zero-order valence-corrected chi connectivity index (χ0v) is 22.1. The van der Waals surface area contributed by atoms with Crippen molar-refractivity contribution >= 4 is 59.7 Å². The van der Waals surface area contributed by atoms with Gasteiger partial charge in [0.2, 0.25) is 0 Å². The first-order valence-corrected chi connectivity index (χ1v) is 16.7. The van der Waals surface area contributed by atoms with Gasteiger partial charge < -0.3 is 0 Å². The molecule has 0 aliphatic carbocycles. The zero-order chi connectivity index (χ0) is 22.5. The maximum atomic E-state index is 6.21. The molecule has 0 aliphatic heterocycles. The van der Waals surface area contributed by atoms with Crippen molar-refractivity contribution < 1.29 is 4.74 Å². The maximum absolute atomic E-state index is 6.21. The molecule has 0 bridgehead atoms. The Morgan fingerprint density at radius 3 is 1.28 bits per heavy atom. The van der Waals surface area contributed by atoms with E-state index in [0.717, 1.165) is 11.3 Å². The van der Waals surface area contributed by atoms with Crippen LogP contribution < -0.4 is 15.9 Å². The number of hydrogen-bond acceptors (Lipinski definition) is 2. The molecule has 162 valence electrons. The molecule has 0 radical (unpaired) electrons. The van der Waals surface area contributed by atoms with E-state index in [-0.39, 0.29) is 0 Å². The van der Waals surface area contributed by atoms with Crippen molar-refractivity contribution in [1.82, 2.24) is 0 Å². The molecule has 0 unspecified atom stereocenters. The van der Waals surface area contributed by atoms with E-state index >= 15 is 0 Å². The van der Waals surface area contributed by atoms with Crippen LogP contribution in [0.3, 0.4) is 0 Å². The molecule has 4 heteroatoms. The Labute approximate surface area is 208 Å². The Balaban J connectivity index is 2.26. The normalized spacial score (nSPS) is 13.5. The summed E-state index contributed by atoms with van der Waals surface area (Å²) in [6.45, 7) is 0. The standard InChI is InChI=1S/C28H26IOPS/c1-30-27(23-15-7-3-8-16-23)28(32-2)31(29,24-17-9-4-10-18-24,25-19-11-5-12-20-25)26-21-13-6-14-22-26/h3-22H,1-2H3/b28-27-. The van der Waals surface area contributed by atoms with Crippen LogP contribution in [0.25, 0.3) is 5.76 Å². The molecule has 0 spiro atoms. The van der Waals surface area contributed by atoms with Gasteiger partial charge in [-0.15, -0.1) is 0 Å². The number of rotatable bonds is 7. The van der Waals surface area contributed by atoms with Gasteiger partial charge in [-0.2, -0.15) is 0 Å². The molecule has 4 aromatic carbocycles. The molecule has 4 aromatic rings. The Morgan fingerprint density at radius 1 is 0.625 bits per heavy atom. The molecule has 0 saturated heterocycles. The minimum atomic E-state index is -3.16. The summed E-state index contributed by atoms with van der Waals surface area (Å²) in [5.74, 6) is 0.932. The Morgan fingerprint density at radius 2 is 0.969 bits per heavy atom. The molecule has 32 heavy (non-hydrogen) atoms. The van der Waals surface area contributed by atoms with Crippen molar-refractivity contribution in [2.75, 3.05) is 13.4 Å². The minimum absolute atomic E-state index is 0.932. The Hall–Kier alpha value is -2.07. The van der Waals surface area contributed by atoms with Crippen LogP contribution in [0.5, 0.6) is 0 Å². The van der Waals surface area contributed by atoms with Crippen LogP contribution in [0.15, 0.2) is 126 Å². The van der Waals surface area contributed by atoms with Crippen molar-refractivity contribution in [2.24, 2.45) is 0 Å². The summed E-state index contributed by atoms with van der Waals surface area (Å²) in [5.41, 5.74) is 1.09. The first-order chi connectivity index (χ1) is 15.6. The van der Waals surface area contributed by atoms with Crippen molar-refractivity contribution in [2.45, 2.75) is 0 Å². The quantitative estimate of drug-likeness (QED) is 0.133. The van der Waals surface area contributed by atoms with Crippen LogP contribution in [0.2, 0.25) is 0 Å². The van der Waals surface area contributed by atoms with Crippen LogP contribution in [0.1, 0.15) is 5.56 Å². The van der Waals surface area contributed by atoms with Crippen molar-refractivity contribution in [1.29, 1.82) is 0 Å². The molecular formula is C28H26IOPS. The van der Waals surface area contributed by atoms with E-state index in [1.54, 1.807) is 18.9 Å². The monoisotopic (exact) mass is 568 g/mol. The topological polar surface area (TPSA) is 9.23 Å². The van der Waals surface area contributed by atoms with E-state index in [2.05, 4.69) is 144 Å². The number of ether oxygens (including phenoxy) is 1. The van der Waals surface area contributed by atoms with Crippen LogP contribution in [-0.4, -0.2) is 13.4 Å². The van der Waals surface area contributed by atoms with Crippen LogP contribution in [-0.2, 0) is 4.74 Å². The third-order valence-electron chi connectivity index (χ3n) is 5.73. The van der Waals surface area contributed by atoms with E-state index in [1.807, 2.05) is 6.07 Å². The molecule has 0 aliphatic rings. The molecular weight excluding hydrogens is 542 g/mol. The van der Waals surface area contributed by atoms with Gasteiger partial charge in [-0.3, -0.25) is 0 Å². The Kier molecular flexibility index (Phi) is 7.09. The van der Waals surface area contributed by atoms with E-state index in [4.69, 9.17) is 4.74 Å². The first-order valence-electron chi connectivity index (χ1n) is 10.4. The second-order valence-corrected chi connectivity index (χ2v) is 18.3. The fourth-order valence-corrected chi connectivity index (χ4v) is 16.7. The second kappa shape index (κ2) is 9.82. The van der Waals surface area contributed by atoms with Gasteiger partial charge >= 0.3 is 209 Å². The fourth-order valence-electron chi connectivity index (χ4n) is 4.30. The number of halogens is 1. The summed E-state index contributed by atoms with van der Waals surface area (Å²) in [6, 6.07) is 43.3. The predicted molar refractivity (Wildman–Crippen MR) is 153 cm³/mol. The molecule has 0 N–H and O–H groups in total. The molecule has 0 heterocycles. The van der Waals surface area contributed by atoms with E-state index in [0.29, 0.717) is 0 Å². The summed E-state index contributed by atoms with van der Waals surface area (Å²) in [5, 5.41) is 3.93. The third kappa shape index (κ3) is 3.71. The average Bonchev–Trinajstić information content (AvgIpc) is 2.89. The summed E-state index contributed by atoms with van der Waals surface area (Å²) < 4.78 is 4.31. The van der Waals surface area contributed by atoms with Crippen LogP contribution in [0, 0.1) is 0 Å². The van der Waals surface area contributed by atoms with Gasteiger partial charge in [0, 0.05) is 0 Å². The zero-order valence-electron chi connectivity index (χ0n) is 18.2. The van der Waals surface area contributed by atoms with Crippen LogP contribution in [0.4, 0.5) is 0 Å². The molecule has 0 saturated carbocycles. The number of thioether (sulfide) groups is 1. The van der Waals surface area contributed by atoms with Gasteiger partial charge in [-0.05, 0) is 0 Å². The summed E-state index contributed by atoms with van der Waals surface area (Å²) in [4.78, 5) is 0.